The van der Waals surface area contributed by atoms with Gasteiger partial charge in [-0.3, -0.25) is 0 Å². The number of benzene rings is 1. The van der Waals surface area contributed by atoms with Crippen LogP contribution < -0.4 is 5.32 Å². The Bertz CT molecular complexity index is 546. The molecule has 0 radical (unpaired) electrons. The molecule has 5 heteroatoms. The molecule has 1 aromatic rings. The quantitative estimate of drug-likeness (QED) is 0.837. The lowest BCUT2D eigenvalue weighted by Gasteiger charge is -2.35. The summed E-state index contributed by atoms with van der Waals surface area (Å²) >= 11 is 0. The van der Waals surface area contributed by atoms with Crippen LogP contribution in [0.5, 0.6) is 0 Å². The standard InChI is InChI=1S/C16H19F3N2/c1-15(2)7-5-13(6-8-15)21-14-4-3-12(16(17,18)19)9-11(14)10-20/h3-4,9,13,21H,5-8H2,1-2H3. The third-order valence-electron chi connectivity index (χ3n) is 4.17. The first-order valence-corrected chi connectivity index (χ1v) is 7.09. The van der Waals surface area contributed by atoms with Gasteiger partial charge in [-0.1, -0.05) is 13.8 Å². The van der Waals surface area contributed by atoms with Crippen molar-refractivity contribution in [3.63, 3.8) is 0 Å². The summed E-state index contributed by atoms with van der Waals surface area (Å²) in [6, 6.07) is 5.37. The maximum absolute atomic E-state index is 12.7. The number of rotatable bonds is 2. The minimum atomic E-state index is -4.42. The summed E-state index contributed by atoms with van der Waals surface area (Å²) in [5.74, 6) is 0. The number of alkyl halides is 3. The van der Waals surface area contributed by atoms with Gasteiger partial charge in [0.05, 0.1) is 16.8 Å². The molecule has 0 heterocycles. The molecule has 0 bridgehead atoms. The Morgan fingerprint density at radius 1 is 1.24 bits per heavy atom. The van der Waals surface area contributed by atoms with E-state index in [1.54, 1.807) is 0 Å². The molecule has 0 unspecified atom stereocenters. The fourth-order valence-corrected chi connectivity index (χ4v) is 2.70. The van der Waals surface area contributed by atoms with E-state index in [1.807, 2.05) is 6.07 Å². The SMILES string of the molecule is CC1(C)CCC(Nc2ccc(C(F)(F)F)cc2C#N)CC1. The van der Waals surface area contributed by atoms with Gasteiger partial charge in [0.1, 0.15) is 6.07 Å². The highest BCUT2D eigenvalue weighted by molar-refractivity contribution is 5.59. The molecule has 1 aliphatic rings. The van der Waals surface area contributed by atoms with Crippen molar-refractivity contribution >= 4 is 5.69 Å². The largest absolute Gasteiger partial charge is 0.416 e. The van der Waals surface area contributed by atoms with Crippen molar-refractivity contribution in [3.8, 4) is 6.07 Å². The van der Waals surface area contributed by atoms with Crippen molar-refractivity contribution in [2.75, 3.05) is 5.32 Å². The van der Waals surface area contributed by atoms with Gasteiger partial charge in [0.25, 0.3) is 0 Å². The molecule has 0 amide bonds. The molecule has 1 aliphatic carbocycles. The van der Waals surface area contributed by atoms with E-state index >= 15 is 0 Å². The number of halogens is 3. The van der Waals surface area contributed by atoms with Crippen LogP contribution in [0, 0.1) is 16.7 Å². The third kappa shape index (κ3) is 3.90. The first-order chi connectivity index (χ1) is 9.71. The summed E-state index contributed by atoms with van der Waals surface area (Å²) in [5, 5.41) is 12.3. The summed E-state index contributed by atoms with van der Waals surface area (Å²) in [5.41, 5.74) is 0.0929. The van der Waals surface area contributed by atoms with E-state index in [-0.39, 0.29) is 11.6 Å². The lowest BCUT2D eigenvalue weighted by Crippen LogP contribution is -2.30. The number of nitrogens with zero attached hydrogens (tertiary/aromatic N) is 1. The normalized spacial score (nSPS) is 19.0. The van der Waals surface area contributed by atoms with Crippen molar-refractivity contribution in [1.29, 1.82) is 5.26 Å². The molecule has 1 aromatic carbocycles. The fraction of sp³-hybridized carbons (Fsp3) is 0.562. The molecule has 0 aromatic heterocycles. The first-order valence-electron chi connectivity index (χ1n) is 7.09. The number of hydrogen-bond acceptors (Lipinski definition) is 2. The minimum Gasteiger partial charge on any atom is -0.381 e. The predicted molar refractivity (Wildman–Crippen MR) is 75.8 cm³/mol. The van der Waals surface area contributed by atoms with E-state index in [0.717, 1.165) is 37.8 Å². The lowest BCUT2D eigenvalue weighted by atomic mass is 9.75. The average Bonchev–Trinajstić information content (AvgIpc) is 2.40. The van der Waals surface area contributed by atoms with Gasteiger partial charge >= 0.3 is 6.18 Å². The van der Waals surface area contributed by atoms with E-state index < -0.39 is 11.7 Å². The molecule has 0 saturated heterocycles. The minimum absolute atomic E-state index is 0.0506. The van der Waals surface area contributed by atoms with Crippen LogP contribution >= 0.6 is 0 Å². The molecule has 2 rings (SSSR count). The number of hydrogen-bond donors (Lipinski definition) is 1. The Hall–Kier alpha value is -1.70. The van der Waals surface area contributed by atoms with Crippen molar-refractivity contribution in [3.05, 3.63) is 29.3 Å². The maximum Gasteiger partial charge on any atom is 0.416 e. The van der Waals surface area contributed by atoms with Crippen LogP contribution in [-0.4, -0.2) is 6.04 Å². The molecule has 1 saturated carbocycles. The zero-order valence-electron chi connectivity index (χ0n) is 12.2. The molecule has 1 N–H and O–H groups in total. The van der Waals surface area contributed by atoms with Crippen LogP contribution in [-0.2, 0) is 6.18 Å². The number of nitriles is 1. The molecule has 0 aliphatic heterocycles. The van der Waals surface area contributed by atoms with E-state index in [1.165, 1.54) is 6.07 Å². The van der Waals surface area contributed by atoms with E-state index in [9.17, 15) is 13.2 Å². The second kappa shape index (κ2) is 5.59. The molecular weight excluding hydrogens is 277 g/mol. The van der Waals surface area contributed by atoms with Crippen LogP contribution in [0.4, 0.5) is 18.9 Å². The van der Waals surface area contributed by atoms with Gasteiger partial charge in [0.2, 0.25) is 0 Å². The van der Waals surface area contributed by atoms with Crippen molar-refractivity contribution in [2.24, 2.45) is 5.41 Å². The van der Waals surface area contributed by atoms with Gasteiger partial charge < -0.3 is 5.32 Å². The maximum atomic E-state index is 12.7. The average molecular weight is 296 g/mol. The smallest absolute Gasteiger partial charge is 0.381 e. The first kappa shape index (κ1) is 15.7. The monoisotopic (exact) mass is 296 g/mol. The number of nitrogens with one attached hydrogen (secondary N) is 1. The van der Waals surface area contributed by atoms with Crippen LogP contribution in [0.1, 0.15) is 50.7 Å². The van der Waals surface area contributed by atoms with Crippen LogP contribution in [0.15, 0.2) is 18.2 Å². The molecule has 0 spiro atoms. The van der Waals surface area contributed by atoms with E-state index in [4.69, 9.17) is 5.26 Å². The van der Waals surface area contributed by atoms with E-state index in [2.05, 4.69) is 19.2 Å². The summed E-state index contributed by atoms with van der Waals surface area (Å²) in [6.07, 6.45) is -0.322. The van der Waals surface area contributed by atoms with E-state index in [0.29, 0.717) is 11.1 Å². The highest BCUT2D eigenvalue weighted by Crippen LogP contribution is 2.37. The number of anilines is 1. The van der Waals surface area contributed by atoms with Gasteiger partial charge in [-0.25, -0.2) is 0 Å². The molecule has 114 valence electrons. The summed E-state index contributed by atoms with van der Waals surface area (Å²) in [7, 11) is 0. The molecule has 21 heavy (non-hydrogen) atoms. The van der Waals surface area contributed by atoms with Crippen LogP contribution in [0.25, 0.3) is 0 Å². The highest BCUT2D eigenvalue weighted by Gasteiger charge is 2.31. The second-order valence-electron chi connectivity index (χ2n) is 6.45. The highest BCUT2D eigenvalue weighted by atomic mass is 19.4. The zero-order chi connectivity index (χ0) is 15.7. The van der Waals surface area contributed by atoms with Gasteiger partial charge in [-0.05, 0) is 49.3 Å². The van der Waals surface area contributed by atoms with Gasteiger partial charge in [0.15, 0.2) is 0 Å². The van der Waals surface area contributed by atoms with Crippen LogP contribution in [0.2, 0.25) is 0 Å². The Labute approximate surface area is 123 Å². The lowest BCUT2D eigenvalue weighted by molar-refractivity contribution is -0.137. The molecule has 0 atom stereocenters. The Kier molecular flexibility index (Phi) is 4.18. The summed E-state index contributed by atoms with van der Waals surface area (Å²) < 4.78 is 38.0. The fourth-order valence-electron chi connectivity index (χ4n) is 2.70. The second-order valence-corrected chi connectivity index (χ2v) is 6.45. The van der Waals surface area contributed by atoms with Crippen LogP contribution in [0.3, 0.4) is 0 Å². The molecule has 1 fully saturated rings. The van der Waals surface area contributed by atoms with Gasteiger partial charge in [-0.2, -0.15) is 18.4 Å². The third-order valence-corrected chi connectivity index (χ3v) is 4.17. The molecular formula is C16H19F3N2. The van der Waals surface area contributed by atoms with Crippen molar-refractivity contribution in [1.82, 2.24) is 0 Å². The Morgan fingerprint density at radius 3 is 2.38 bits per heavy atom. The Morgan fingerprint density at radius 2 is 1.86 bits per heavy atom. The topological polar surface area (TPSA) is 35.8 Å². The molecule has 2 nitrogen and oxygen atoms in total. The van der Waals surface area contributed by atoms with Gasteiger partial charge in [0, 0.05) is 6.04 Å². The predicted octanol–water partition coefficient (Wildman–Crippen LogP) is 4.96. The zero-order valence-corrected chi connectivity index (χ0v) is 12.2. The Balaban J connectivity index is 2.13. The van der Waals surface area contributed by atoms with Crippen molar-refractivity contribution < 1.29 is 13.2 Å². The summed E-state index contributed by atoms with van der Waals surface area (Å²) in [4.78, 5) is 0. The summed E-state index contributed by atoms with van der Waals surface area (Å²) in [6.45, 7) is 4.45. The van der Waals surface area contributed by atoms with Gasteiger partial charge in [-0.15, -0.1) is 0 Å². The van der Waals surface area contributed by atoms with Crippen molar-refractivity contribution in [2.45, 2.75) is 51.7 Å².